The second-order valence-corrected chi connectivity index (χ2v) is 10.3. The maximum Gasteiger partial charge on any atom is 0.248 e. The van der Waals surface area contributed by atoms with Crippen molar-refractivity contribution in [3.63, 3.8) is 0 Å². The van der Waals surface area contributed by atoms with E-state index in [2.05, 4.69) is 32.1 Å². The minimum Gasteiger partial charge on any atom is -0.378 e. The van der Waals surface area contributed by atoms with Gasteiger partial charge in [-0.25, -0.2) is 9.97 Å². The SMILES string of the molecule is COCC(=O)N1CCN(Cc2cc3nc(-c4cccc5[nH]ncc45)nc(N4CCOCC4)c3s2)CC1. The fourth-order valence-electron chi connectivity index (χ4n) is 4.91. The Morgan fingerprint density at radius 2 is 1.97 bits per heavy atom. The Kier molecular flexibility index (Phi) is 6.53. The molecule has 188 valence electrons. The first-order valence-corrected chi connectivity index (χ1v) is 13.1. The molecular weight excluding hydrogens is 478 g/mol. The third kappa shape index (κ3) is 4.55. The van der Waals surface area contributed by atoms with Crippen LogP contribution in [0.2, 0.25) is 0 Å². The Morgan fingerprint density at radius 3 is 2.78 bits per heavy atom. The van der Waals surface area contributed by atoms with E-state index in [1.807, 2.05) is 23.2 Å². The molecule has 2 saturated heterocycles. The molecule has 6 rings (SSSR count). The summed E-state index contributed by atoms with van der Waals surface area (Å²) in [7, 11) is 1.56. The highest BCUT2D eigenvalue weighted by atomic mass is 32.1. The lowest BCUT2D eigenvalue weighted by Crippen LogP contribution is -2.49. The molecule has 0 spiro atoms. The van der Waals surface area contributed by atoms with Crippen LogP contribution in [0.3, 0.4) is 0 Å². The summed E-state index contributed by atoms with van der Waals surface area (Å²) in [6, 6.07) is 8.28. The lowest BCUT2D eigenvalue weighted by atomic mass is 10.1. The molecule has 10 nitrogen and oxygen atoms in total. The molecule has 0 aliphatic carbocycles. The minimum absolute atomic E-state index is 0.0598. The van der Waals surface area contributed by atoms with E-state index in [0.717, 1.165) is 78.3 Å². The number of nitrogens with zero attached hydrogens (tertiary/aromatic N) is 6. The van der Waals surface area contributed by atoms with Gasteiger partial charge in [0, 0.05) is 68.7 Å². The third-order valence-electron chi connectivity index (χ3n) is 6.81. The van der Waals surface area contributed by atoms with Crippen LogP contribution >= 0.6 is 11.3 Å². The van der Waals surface area contributed by atoms with E-state index in [4.69, 9.17) is 19.4 Å². The van der Waals surface area contributed by atoms with E-state index in [1.54, 1.807) is 18.4 Å². The molecule has 2 aliphatic heterocycles. The van der Waals surface area contributed by atoms with Crippen molar-refractivity contribution in [2.24, 2.45) is 0 Å². The summed E-state index contributed by atoms with van der Waals surface area (Å²) in [4.78, 5) is 30.1. The monoisotopic (exact) mass is 507 g/mol. The van der Waals surface area contributed by atoms with Crippen LogP contribution in [0.5, 0.6) is 0 Å². The van der Waals surface area contributed by atoms with E-state index >= 15 is 0 Å². The van der Waals surface area contributed by atoms with E-state index in [-0.39, 0.29) is 12.5 Å². The number of hydrogen-bond donors (Lipinski definition) is 1. The van der Waals surface area contributed by atoms with Crippen molar-refractivity contribution >= 4 is 44.2 Å². The molecule has 36 heavy (non-hydrogen) atoms. The molecule has 0 unspecified atom stereocenters. The molecule has 0 bridgehead atoms. The number of benzene rings is 1. The average molecular weight is 508 g/mol. The molecule has 11 heteroatoms. The van der Waals surface area contributed by atoms with Crippen LogP contribution in [0, 0.1) is 0 Å². The zero-order valence-corrected chi connectivity index (χ0v) is 21.1. The zero-order chi connectivity index (χ0) is 24.5. The number of carbonyl (C=O) groups is 1. The summed E-state index contributed by atoms with van der Waals surface area (Å²) < 4.78 is 11.7. The molecule has 1 N–H and O–H groups in total. The van der Waals surface area contributed by atoms with Crippen molar-refractivity contribution in [1.82, 2.24) is 30.0 Å². The third-order valence-corrected chi connectivity index (χ3v) is 7.92. The maximum absolute atomic E-state index is 12.1. The second-order valence-electron chi connectivity index (χ2n) is 9.12. The molecule has 0 radical (unpaired) electrons. The summed E-state index contributed by atoms with van der Waals surface area (Å²) in [6.07, 6.45) is 1.84. The van der Waals surface area contributed by atoms with Crippen LogP contribution < -0.4 is 4.90 Å². The van der Waals surface area contributed by atoms with Crippen LogP contribution in [0.15, 0.2) is 30.5 Å². The summed E-state index contributed by atoms with van der Waals surface area (Å²) in [5.41, 5.74) is 2.91. The summed E-state index contributed by atoms with van der Waals surface area (Å²) in [5, 5.41) is 8.27. The normalized spacial score (nSPS) is 17.4. The van der Waals surface area contributed by atoms with E-state index in [1.165, 1.54) is 4.88 Å². The van der Waals surface area contributed by atoms with Gasteiger partial charge in [-0.2, -0.15) is 5.10 Å². The number of ether oxygens (including phenoxy) is 2. The Morgan fingerprint density at radius 1 is 1.14 bits per heavy atom. The largest absolute Gasteiger partial charge is 0.378 e. The van der Waals surface area contributed by atoms with E-state index in [9.17, 15) is 4.79 Å². The number of thiophene rings is 1. The Bertz CT molecular complexity index is 1370. The average Bonchev–Trinajstić information content (AvgIpc) is 3.56. The predicted octanol–water partition coefficient (Wildman–Crippen LogP) is 2.36. The van der Waals surface area contributed by atoms with Crippen LogP contribution in [0.4, 0.5) is 5.82 Å². The van der Waals surface area contributed by atoms with Gasteiger partial charge < -0.3 is 19.3 Å². The van der Waals surface area contributed by atoms with E-state index in [0.29, 0.717) is 19.0 Å². The Hall–Kier alpha value is -3.12. The van der Waals surface area contributed by atoms with Gasteiger partial charge in [0.2, 0.25) is 5.91 Å². The van der Waals surface area contributed by atoms with Gasteiger partial charge in [-0.05, 0) is 12.1 Å². The Balaban J connectivity index is 1.31. The number of fused-ring (bicyclic) bond motifs is 2. The summed E-state index contributed by atoms with van der Waals surface area (Å²) >= 11 is 1.77. The highest BCUT2D eigenvalue weighted by molar-refractivity contribution is 7.19. The number of aromatic nitrogens is 4. The van der Waals surface area contributed by atoms with Gasteiger partial charge in [-0.15, -0.1) is 11.3 Å². The molecule has 1 aromatic carbocycles. The highest BCUT2D eigenvalue weighted by Crippen LogP contribution is 2.36. The lowest BCUT2D eigenvalue weighted by Gasteiger charge is -2.34. The van der Waals surface area contributed by atoms with Crippen molar-refractivity contribution in [1.29, 1.82) is 0 Å². The van der Waals surface area contributed by atoms with Gasteiger partial charge in [0.05, 0.1) is 35.1 Å². The van der Waals surface area contributed by atoms with Gasteiger partial charge in [-0.3, -0.25) is 14.8 Å². The number of nitrogens with one attached hydrogen (secondary N) is 1. The van der Waals surface area contributed by atoms with Crippen LogP contribution in [-0.2, 0) is 20.8 Å². The molecule has 5 heterocycles. The molecule has 0 atom stereocenters. The maximum atomic E-state index is 12.1. The van der Waals surface area contributed by atoms with E-state index < -0.39 is 0 Å². The number of aromatic amines is 1. The van der Waals surface area contributed by atoms with Crippen LogP contribution in [0.25, 0.3) is 32.5 Å². The fraction of sp³-hybridized carbons (Fsp3) is 0.440. The topological polar surface area (TPSA) is 99.7 Å². The highest BCUT2D eigenvalue weighted by Gasteiger charge is 2.24. The smallest absolute Gasteiger partial charge is 0.248 e. The number of anilines is 1. The van der Waals surface area contributed by atoms with Gasteiger partial charge in [0.15, 0.2) is 11.6 Å². The standard InChI is InChI=1S/C25H29N7O3S/c1-34-16-22(33)31-7-5-30(6-8-31)15-17-13-21-23(36-17)25(32-9-11-35-12-10-32)28-24(27-21)18-3-2-4-20-19(18)14-26-29-20/h2-4,13-14H,5-12,15-16H2,1H3,(H,26,29). The number of hydrogen-bond acceptors (Lipinski definition) is 9. The number of H-pyrrole nitrogens is 1. The van der Waals surface area contributed by atoms with Crippen molar-refractivity contribution in [3.8, 4) is 11.4 Å². The number of methoxy groups -OCH3 is 1. The molecule has 1 amide bonds. The lowest BCUT2D eigenvalue weighted by molar-refractivity contribution is -0.136. The zero-order valence-electron chi connectivity index (χ0n) is 20.3. The van der Waals surface area contributed by atoms with Gasteiger partial charge in [0.25, 0.3) is 0 Å². The molecule has 4 aromatic rings. The van der Waals surface area contributed by atoms with Crippen LogP contribution in [-0.4, -0.2) is 102 Å². The first-order chi connectivity index (χ1) is 17.7. The van der Waals surface area contributed by atoms with Gasteiger partial charge >= 0.3 is 0 Å². The Labute approximate surface area is 212 Å². The molecule has 3 aromatic heterocycles. The molecule has 2 aliphatic rings. The van der Waals surface area contributed by atoms with Crippen molar-refractivity contribution in [2.75, 3.05) is 71.1 Å². The van der Waals surface area contributed by atoms with Gasteiger partial charge in [-0.1, -0.05) is 12.1 Å². The second kappa shape index (κ2) is 10.1. The summed E-state index contributed by atoms with van der Waals surface area (Å²) in [5.74, 6) is 1.75. The fourth-order valence-corrected chi connectivity index (χ4v) is 6.06. The first kappa shape index (κ1) is 23.3. The number of amides is 1. The molecule has 0 saturated carbocycles. The molecule has 2 fully saturated rings. The van der Waals surface area contributed by atoms with Gasteiger partial charge in [0.1, 0.15) is 6.61 Å². The number of morpholine rings is 1. The minimum atomic E-state index is 0.0598. The first-order valence-electron chi connectivity index (χ1n) is 12.2. The van der Waals surface area contributed by atoms with Crippen molar-refractivity contribution < 1.29 is 14.3 Å². The molecular formula is C25H29N7O3S. The van der Waals surface area contributed by atoms with Crippen molar-refractivity contribution in [3.05, 3.63) is 35.3 Å². The number of rotatable bonds is 6. The summed E-state index contributed by atoms with van der Waals surface area (Å²) in [6.45, 7) is 7.15. The predicted molar refractivity (Wildman–Crippen MR) is 139 cm³/mol. The number of carbonyl (C=O) groups excluding carboxylic acids is 1. The van der Waals surface area contributed by atoms with Crippen LogP contribution in [0.1, 0.15) is 4.88 Å². The number of piperazine rings is 1. The quantitative estimate of drug-likeness (QED) is 0.425. The van der Waals surface area contributed by atoms with Crippen molar-refractivity contribution in [2.45, 2.75) is 6.54 Å².